The summed E-state index contributed by atoms with van der Waals surface area (Å²) in [5.74, 6) is -0.996. The minimum atomic E-state index is -0.562. The average Bonchev–Trinajstić information content (AvgIpc) is 2.85. The zero-order valence-corrected chi connectivity index (χ0v) is 21.8. The second-order valence-electron chi connectivity index (χ2n) is 11.2. The second-order valence-corrected chi connectivity index (χ2v) is 11.2. The lowest BCUT2D eigenvalue weighted by Gasteiger charge is -2.37. The summed E-state index contributed by atoms with van der Waals surface area (Å²) in [7, 11) is 0. The molecule has 0 bridgehead atoms. The van der Waals surface area contributed by atoms with Crippen molar-refractivity contribution in [3.8, 4) is 0 Å². The van der Waals surface area contributed by atoms with E-state index in [1.165, 1.54) is 6.07 Å². The topological polar surface area (TPSA) is 108 Å². The van der Waals surface area contributed by atoms with Crippen LogP contribution in [0.5, 0.6) is 0 Å². The number of rotatable bonds is 4. The number of likely N-dealkylation sites (tertiary alicyclic amines) is 2. The summed E-state index contributed by atoms with van der Waals surface area (Å²) in [6.45, 7) is 7.67. The van der Waals surface area contributed by atoms with Gasteiger partial charge in [0, 0.05) is 44.2 Å². The van der Waals surface area contributed by atoms with Crippen LogP contribution in [-0.4, -0.2) is 71.4 Å². The Kier molecular flexibility index (Phi) is 8.04. The van der Waals surface area contributed by atoms with Crippen molar-refractivity contribution in [3.63, 3.8) is 0 Å². The Morgan fingerprint density at radius 1 is 1.00 bits per heavy atom. The molecule has 3 aliphatic rings. The molecule has 37 heavy (non-hydrogen) atoms. The predicted molar refractivity (Wildman–Crippen MR) is 135 cm³/mol. The molecule has 2 N–H and O–H groups in total. The van der Waals surface area contributed by atoms with Crippen LogP contribution in [0.25, 0.3) is 0 Å². The molecule has 4 rings (SSSR count). The maximum Gasteiger partial charge on any atom is 0.410 e. The first-order valence-corrected chi connectivity index (χ1v) is 13.2. The normalized spacial score (nSPS) is 22.0. The Bertz CT molecular complexity index is 1040. The van der Waals surface area contributed by atoms with Gasteiger partial charge in [-0.3, -0.25) is 19.7 Å². The van der Waals surface area contributed by atoms with Gasteiger partial charge >= 0.3 is 6.09 Å². The lowest BCUT2D eigenvalue weighted by Crippen LogP contribution is -2.47. The molecule has 3 heterocycles. The van der Waals surface area contributed by atoms with E-state index in [0.29, 0.717) is 69.5 Å². The van der Waals surface area contributed by atoms with Gasteiger partial charge in [0.25, 0.3) is 0 Å². The SMILES string of the molecule is CC(C)(C)OC(=O)N1CCC(C(=O)N2CCC(c3ccc(NC4CCC(=O)NC4=O)cc3F)CC2)CC1. The quantitative estimate of drug-likeness (QED) is 0.594. The number of imide groups is 1. The van der Waals surface area contributed by atoms with E-state index < -0.39 is 17.6 Å². The van der Waals surface area contributed by atoms with Crippen LogP contribution >= 0.6 is 0 Å². The van der Waals surface area contributed by atoms with E-state index in [1.807, 2.05) is 25.7 Å². The molecule has 1 unspecified atom stereocenters. The number of anilines is 1. The number of piperidine rings is 3. The number of hydrogen-bond acceptors (Lipinski definition) is 6. The number of amides is 4. The van der Waals surface area contributed by atoms with Gasteiger partial charge in [-0.2, -0.15) is 0 Å². The maximum atomic E-state index is 15.0. The smallest absolute Gasteiger partial charge is 0.410 e. The first-order valence-electron chi connectivity index (χ1n) is 13.2. The number of carbonyl (C=O) groups excluding carboxylic acids is 4. The van der Waals surface area contributed by atoms with Gasteiger partial charge in [0.15, 0.2) is 0 Å². The summed E-state index contributed by atoms with van der Waals surface area (Å²) in [6, 6.07) is 4.35. The highest BCUT2D eigenvalue weighted by Crippen LogP contribution is 2.33. The molecule has 3 aliphatic heterocycles. The molecule has 1 aromatic rings. The molecule has 0 radical (unpaired) electrons. The fourth-order valence-electron chi connectivity index (χ4n) is 5.29. The largest absolute Gasteiger partial charge is 0.444 e. The molecule has 3 saturated heterocycles. The van der Waals surface area contributed by atoms with Crippen molar-refractivity contribution in [1.29, 1.82) is 0 Å². The van der Waals surface area contributed by atoms with Gasteiger partial charge in [-0.15, -0.1) is 0 Å². The highest BCUT2D eigenvalue weighted by atomic mass is 19.1. The highest BCUT2D eigenvalue weighted by Gasteiger charge is 2.34. The molecule has 0 spiro atoms. The van der Waals surface area contributed by atoms with Crippen molar-refractivity contribution >= 4 is 29.5 Å². The molecule has 1 atom stereocenters. The summed E-state index contributed by atoms with van der Waals surface area (Å²) in [4.78, 5) is 52.2. The van der Waals surface area contributed by atoms with E-state index in [9.17, 15) is 23.6 Å². The molecular formula is C27H37FN4O5. The van der Waals surface area contributed by atoms with Crippen LogP contribution in [0.3, 0.4) is 0 Å². The number of halogens is 1. The number of nitrogens with zero attached hydrogens (tertiary/aromatic N) is 2. The van der Waals surface area contributed by atoms with Crippen LogP contribution in [-0.2, 0) is 19.1 Å². The van der Waals surface area contributed by atoms with Gasteiger partial charge < -0.3 is 19.9 Å². The van der Waals surface area contributed by atoms with Crippen LogP contribution in [0.2, 0.25) is 0 Å². The molecule has 1 aromatic carbocycles. The zero-order chi connectivity index (χ0) is 26.7. The Labute approximate surface area is 217 Å². The van der Waals surface area contributed by atoms with Crippen LogP contribution in [0.4, 0.5) is 14.9 Å². The van der Waals surface area contributed by atoms with Gasteiger partial charge in [-0.25, -0.2) is 9.18 Å². The van der Waals surface area contributed by atoms with Crippen LogP contribution < -0.4 is 10.6 Å². The standard InChI is InChI=1S/C27H37FN4O5/c1-27(2,3)37-26(36)32-14-10-18(11-15-32)25(35)31-12-8-17(9-13-31)20-5-4-19(16-21(20)28)29-22-6-7-23(33)30-24(22)34/h4-5,16-18,22,29H,6-15H2,1-3H3,(H,30,33,34). The van der Waals surface area contributed by atoms with Gasteiger partial charge in [0.2, 0.25) is 17.7 Å². The van der Waals surface area contributed by atoms with Crippen molar-refractivity contribution in [1.82, 2.24) is 15.1 Å². The molecule has 202 valence electrons. The Morgan fingerprint density at radius 3 is 2.24 bits per heavy atom. The van der Waals surface area contributed by atoms with E-state index in [4.69, 9.17) is 4.74 Å². The van der Waals surface area contributed by atoms with Gasteiger partial charge in [0.1, 0.15) is 17.5 Å². The average molecular weight is 517 g/mol. The van der Waals surface area contributed by atoms with Gasteiger partial charge in [0.05, 0.1) is 0 Å². The van der Waals surface area contributed by atoms with Crippen LogP contribution in [0, 0.1) is 11.7 Å². The molecule has 9 nitrogen and oxygen atoms in total. The van der Waals surface area contributed by atoms with Crippen molar-refractivity contribution in [2.75, 3.05) is 31.5 Å². The first kappa shape index (κ1) is 26.9. The summed E-state index contributed by atoms with van der Waals surface area (Å²) in [5.41, 5.74) is 0.575. The molecular weight excluding hydrogens is 479 g/mol. The summed E-state index contributed by atoms with van der Waals surface area (Å²) in [5, 5.41) is 5.30. The molecule has 0 aromatic heterocycles. The van der Waals surface area contributed by atoms with Crippen molar-refractivity contribution in [2.45, 2.75) is 76.9 Å². The molecule has 4 amide bonds. The molecule has 0 saturated carbocycles. The van der Waals surface area contributed by atoms with Gasteiger partial charge in [-0.05, 0) is 76.5 Å². The predicted octanol–water partition coefficient (Wildman–Crippen LogP) is 3.40. The zero-order valence-electron chi connectivity index (χ0n) is 21.8. The third-order valence-corrected chi connectivity index (χ3v) is 7.32. The van der Waals surface area contributed by atoms with Crippen LogP contribution in [0.1, 0.15) is 70.8 Å². The van der Waals surface area contributed by atoms with Gasteiger partial charge in [-0.1, -0.05) is 6.07 Å². The van der Waals surface area contributed by atoms with Crippen LogP contribution in [0.15, 0.2) is 18.2 Å². The lowest BCUT2D eigenvalue weighted by atomic mass is 9.87. The molecule has 0 aliphatic carbocycles. The number of nitrogens with one attached hydrogen (secondary N) is 2. The minimum Gasteiger partial charge on any atom is -0.444 e. The number of carbonyl (C=O) groups is 4. The first-order chi connectivity index (χ1) is 17.5. The third kappa shape index (κ3) is 6.78. The fourth-order valence-corrected chi connectivity index (χ4v) is 5.29. The summed E-state index contributed by atoms with van der Waals surface area (Å²) < 4.78 is 20.4. The Hall–Kier alpha value is -3.17. The number of benzene rings is 1. The van der Waals surface area contributed by atoms with Crippen molar-refractivity contribution in [3.05, 3.63) is 29.6 Å². The monoisotopic (exact) mass is 516 g/mol. The second kappa shape index (κ2) is 11.1. The third-order valence-electron chi connectivity index (χ3n) is 7.32. The van der Waals surface area contributed by atoms with E-state index in [-0.39, 0.29) is 42.0 Å². The van der Waals surface area contributed by atoms with E-state index in [0.717, 1.165) is 0 Å². The summed E-state index contributed by atoms with van der Waals surface area (Å²) in [6.07, 6.45) is 2.89. The minimum absolute atomic E-state index is 0.0164. The summed E-state index contributed by atoms with van der Waals surface area (Å²) >= 11 is 0. The highest BCUT2D eigenvalue weighted by molar-refractivity contribution is 6.01. The molecule has 3 fully saturated rings. The van der Waals surface area contributed by atoms with E-state index >= 15 is 0 Å². The Morgan fingerprint density at radius 2 is 1.65 bits per heavy atom. The van der Waals surface area contributed by atoms with Crippen molar-refractivity contribution in [2.24, 2.45) is 5.92 Å². The van der Waals surface area contributed by atoms with Crippen molar-refractivity contribution < 1.29 is 28.3 Å². The van der Waals surface area contributed by atoms with E-state index in [1.54, 1.807) is 17.0 Å². The number of hydrogen-bond donors (Lipinski definition) is 2. The maximum absolute atomic E-state index is 15.0. The lowest BCUT2D eigenvalue weighted by molar-refractivity contribution is -0.138. The van der Waals surface area contributed by atoms with E-state index in [2.05, 4.69) is 10.6 Å². The fraction of sp³-hybridized carbons (Fsp3) is 0.630. The number of ether oxygens (including phenoxy) is 1. The Balaban J connectivity index is 1.25. The molecule has 10 heteroatoms.